The van der Waals surface area contributed by atoms with Gasteiger partial charge in [0, 0.05) is 13.1 Å². The molecule has 0 radical (unpaired) electrons. The fourth-order valence-electron chi connectivity index (χ4n) is 4.28. The lowest BCUT2D eigenvalue weighted by molar-refractivity contribution is -0.132. The van der Waals surface area contributed by atoms with Gasteiger partial charge >= 0.3 is 6.03 Å². The van der Waals surface area contributed by atoms with Crippen LogP contribution in [0.5, 0.6) is 0 Å². The van der Waals surface area contributed by atoms with E-state index in [-0.39, 0.29) is 17.4 Å². The summed E-state index contributed by atoms with van der Waals surface area (Å²) in [4.78, 5) is 29.5. The van der Waals surface area contributed by atoms with Gasteiger partial charge in [0.2, 0.25) is 0 Å². The molecular weight excluding hydrogens is 386 g/mol. The summed E-state index contributed by atoms with van der Waals surface area (Å²) in [5.74, 6) is -0.196. The van der Waals surface area contributed by atoms with Gasteiger partial charge in [0.25, 0.3) is 5.91 Å². The molecule has 2 aromatic carbocycles. The third kappa shape index (κ3) is 4.15. The third-order valence-electron chi connectivity index (χ3n) is 6.38. The molecule has 0 aliphatic carbocycles. The summed E-state index contributed by atoms with van der Waals surface area (Å²) in [6, 6.07) is 18.0. The molecular formula is C26H31N3O2. The number of amides is 3. The zero-order valence-electron chi connectivity index (χ0n) is 18.8. The fraction of sp³-hybridized carbons (Fsp3) is 0.385. The standard InChI is InChI=1S/C26H31N3O2/c1-25(2,3)21-10-12-22(13-11-21)26(4)23(30)29(24(31)27-26)18-28-16-14-20(15-17-28)19-8-6-5-7-9-19/h5-14H,15-18H2,1-4H3,(H,27,31)/t26-/m0/s1. The molecule has 2 aliphatic rings. The van der Waals surface area contributed by atoms with Crippen molar-refractivity contribution < 1.29 is 9.59 Å². The Morgan fingerprint density at radius 3 is 2.26 bits per heavy atom. The number of nitrogens with one attached hydrogen (secondary N) is 1. The number of carbonyl (C=O) groups is 2. The Kier molecular flexibility index (Phi) is 5.48. The maximum atomic E-state index is 13.3. The molecule has 162 valence electrons. The molecule has 0 bridgehead atoms. The van der Waals surface area contributed by atoms with Gasteiger partial charge in [-0.3, -0.25) is 9.69 Å². The average molecular weight is 418 g/mol. The number of hydrogen-bond donors (Lipinski definition) is 1. The molecule has 0 saturated carbocycles. The highest BCUT2D eigenvalue weighted by Crippen LogP contribution is 2.31. The lowest BCUT2D eigenvalue weighted by Crippen LogP contribution is -2.44. The summed E-state index contributed by atoms with van der Waals surface area (Å²) >= 11 is 0. The van der Waals surface area contributed by atoms with Crippen LogP contribution in [0.1, 0.15) is 50.8 Å². The van der Waals surface area contributed by atoms with Crippen molar-refractivity contribution in [2.45, 2.75) is 45.1 Å². The van der Waals surface area contributed by atoms with E-state index in [0.29, 0.717) is 6.67 Å². The highest BCUT2D eigenvalue weighted by molar-refractivity contribution is 6.07. The predicted molar refractivity (Wildman–Crippen MR) is 123 cm³/mol. The molecule has 5 nitrogen and oxygen atoms in total. The monoisotopic (exact) mass is 417 g/mol. The van der Waals surface area contributed by atoms with E-state index < -0.39 is 5.54 Å². The first kappa shape index (κ1) is 21.3. The largest absolute Gasteiger partial charge is 0.326 e. The van der Waals surface area contributed by atoms with Crippen molar-refractivity contribution in [2.24, 2.45) is 0 Å². The van der Waals surface area contributed by atoms with Gasteiger partial charge in [-0.2, -0.15) is 0 Å². The van der Waals surface area contributed by atoms with E-state index in [4.69, 9.17) is 0 Å². The minimum atomic E-state index is -1.03. The van der Waals surface area contributed by atoms with E-state index in [2.05, 4.69) is 49.2 Å². The molecule has 4 rings (SSSR count). The smallest absolute Gasteiger partial charge is 0.319 e. The number of rotatable bonds is 4. The first-order valence-corrected chi connectivity index (χ1v) is 10.9. The Morgan fingerprint density at radius 2 is 1.68 bits per heavy atom. The summed E-state index contributed by atoms with van der Waals surface area (Å²) in [5.41, 5.74) is 3.57. The van der Waals surface area contributed by atoms with E-state index in [1.165, 1.54) is 21.6 Å². The lowest BCUT2D eigenvalue weighted by Gasteiger charge is -2.30. The van der Waals surface area contributed by atoms with Crippen molar-refractivity contribution in [3.8, 4) is 0 Å². The molecule has 2 heterocycles. The Labute approximate surface area is 184 Å². The minimum Gasteiger partial charge on any atom is -0.319 e. The van der Waals surface area contributed by atoms with Crippen molar-refractivity contribution in [3.63, 3.8) is 0 Å². The molecule has 2 aliphatic heterocycles. The number of benzene rings is 2. The van der Waals surface area contributed by atoms with Crippen LogP contribution in [0.15, 0.2) is 60.7 Å². The van der Waals surface area contributed by atoms with E-state index in [9.17, 15) is 9.59 Å². The second-order valence-electron chi connectivity index (χ2n) is 9.68. The van der Waals surface area contributed by atoms with Gasteiger partial charge in [0.1, 0.15) is 5.54 Å². The summed E-state index contributed by atoms with van der Waals surface area (Å²) in [7, 11) is 0. The Hall–Kier alpha value is -2.92. The van der Waals surface area contributed by atoms with Crippen molar-refractivity contribution in [1.82, 2.24) is 15.1 Å². The van der Waals surface area contributed by atoms with Crippen molar-refractivity contribution >= 4 is 17.5 Å². The van der Waals surface area contributed by atoms with E-state index in [0.717, 1.165) is 25.1 Å². The molecule has 1 fully saturated rings. The maximum absolute atomic E-state index is 13.3. The molecule has 1 atom stereocenters. The van der Waals surface area contributed by atoms with Gasteiger partial charge in [-0.25, -0.2) is 9.69 Å². The Balaban J connectivity index is 1.46. The third-order valence-corrected chi connectivity index (χ3v) is 6.38. The summed E-state index contributed by atoms with van der Waals surface area (Å²) in [5, 5.41) is 2.92. The second kappa shape index (κ2) is 7.97. The second-order valence-corrected chi connectivity index (χ2v) is 9.68. The molecule has 0 spiro atoms. The maximum Gasteiger partial charge on any atom is 0.326 e. The first-order valence-electron chi connectivity index (χ1n) is 10.9. The van der Waals surface area contributed by atoms with Gasteiger partial charge in [0.15, 0.2) is 0 Å². The van der Waals surface area contributed by atoms with Gasteiger partial charge in [-0.05, 0) is 41.0 Å². The molecule has 0 unspecified atom stereocenters. The topological polar surface area (TPSA) is 52.7 Å². The number of urea groups is 1. The van der Waals surface area contributed by atoms with Crippen molar-refractivity contribution in [3.05, 3.63) is 77.4 Å². The van der Waals surface area contributed by atoms with Gasteiger partial charge in [-0.15, -0.1) is 0 Å². The van der Waals surface area contributed by atoms with Crippen LogP contribution in [0.2, 0.25) is 0 Å². The quantitative estimate of drug-likeness (QED) is 0.746. The first-order chi connectivity index (χ1) is 14.7. The lowest BCUT2D eigenvalue weighted by atomic mass is 9.84. The Morgan fingerprint density at radius 1 is 1.00 bits per heavy atom. The summed E-state index contributed by atoms with van der Waals surface area (Å²) in [6.45, 7) is 10.1. The van der Waals surface area contributed by atoms with Crippen molar-refractivity contribution in [2.75, 3.05) is 19.8 Å². The van der Waals surface area contributed by atoms with Gasteiger partial charge in [0.05, 0.1) is 6.67 Å². The molecule has 5 heteroatoms. The fourth-order valence-corrected chi connectivity index (χ4v) is 4.28. The van der Waals surface area contributed by atoms with Crippen LogP contribution in [-0.4, -0.2) is 41.5 Å². The van der Waals surface area contributed by atoms with Gasteiger partial charge in [-0.1, -0.05) is 81.4 Å². The number of hydrogen-bond acceptors (Lipinski definition) is 3. The van der Waals surface area contributed by atoms with E-state index >= 15 is 0 Å². The van der Waals surface area contributed by atoms with Crippen molar-refractivity contribution in [1.29, 1.82) is 0 Å². The molecule has 3 amide bonds. The molecule has 0 aromatic heterocycles. The average Bonchev–Trinajstić information content (AvgIpc) is 2.98. The van der Waals surface area contributed by atoms with E-state index in [1.807, 2.05) is 42.5 Å². The van der Waals surface area contributed by atoms with E-state index in [1.54, 1.807) is 6.92 Å². The number of imide groups is 1. The van der Waals surface area contributed by atoms with Crippen LogP contribution in [0.4, 0.5) is 4.79 Å². The highest BCUT2D eigenvalue weighted by Gasteiger charge is 2.49. The van der Waals surface area contributed by atoms with Crippen LogP contribution in [0, 0.1) is 0 Å². The zero-order chi connectivity index (χ0) is 22.2. The van der Waals surface area contributed by atoms with Crippen LogP contribution < -0.4 is 5.32 Å². The molecule has 2 aromatic rings. The molecule has 1 saturated heterocycles. The normalized spacial score (nSPS) is 22.5. The highest BCUT2D eigenvalue weighted by atomic mass is 16.2. The zero-order valence-corrected chi connectivity index (χ0v) is 18.8. The predicted octanol–water partition coefficient (Wildman–Crippen LogP) is 4.50. The van der Waals surface area contributed by atoms with Crippen LogP contribution >= 0.6 is 0 Å². The Bertz CT molecular complexity index is 1010. The van der Waals surface area contributed by atoms with Crippen LogP contribution in [0.3, 0.4) is 0 Å². The minimum absolute atomic E-state index is 0.0365. The number of carbonyl (C=O) groups excluding carboxylic acids is 2. The van der Waals surface area contributed by atoms with Crippen LogP contribution in [-0.2, 0) is 15.7 Å². The van der Waals surface area contributed by atoms with Gasteiger partial charge < -0.3 is 5.32 Å². The summed E-state index contributed by atoms with van der Waals surface area (Å²) < 4.78 is 0. The number of nitrogens with zero attached hydrogens (tertiary/aromatic N) is 2. The van der Waals surface area contributed by atoms with Crippen LogP contribution in [0.25, 0.3) is 5.57 Å². The molecule has 1 N–H and O–H groups in total. The summed E-state index contributed by atoms with van der Waals surface area (Å²) in [6.07, 6.45) is 3.10. The molecule has 31 heavy (non-hydrogen) atoms. The SMILES string of the molecule is CC(C)(C)c1ccc([C@]2(C)NC(=O)N(CN3CC=C(c4ccccc4)CC3)C2=O)cc1.